The highest BCUT2D eigenvalue weighted by atomic mass is 35.5. The molecule has 3 aromatic rings. The van der Waals surface area contributed by atoms with Crippen LogP contribution in [0.2, 0.25) is 5.28 Å². The number of nitrogens with two attached hydrogens (primary N) is 1. The van der Waals surface area contributed by atoms with E-state index in [0.717, 1.165) is 18.0 Å². The molecule has 0 unspecified atom stereocenters. The molecule has 0 aliphatic rings. The smallest absolute Gasteiger partial charge is 0.348 e. The largest absolute Gasteiger partial charge is 0.479 e. The van der Waals surface area contributed by atoms with Crippen LogP contribution < -0.4 is 5.73 Å². The normalized spacial score (nSPS) is 14.5. The number of methoxy groups -OCH3 is 1. The second-order valence-electron chi connectivity index (χ2n) is 7.74. The summed E-state index contributed by atoms with van der Waals surface area (Å²) in [5.41, 5.74) is 3.65. The quantitative estimate of drug-likeness (QED) is 0.162. The summed E-state index contributed by atoms with van der Waals surface area (Å²) in [4.78, 5) is 35.5. The number of aliphatic hydroxyl groups is 2. The van der Waals surface area contributed by atoms with Gasteiger partial charge >= 0.3 is 11.9 Å². The highest BCUT2D eigenvalue weighted by Gasteiger charge is 2.49. The first-order valence-corrected chi connectivity index (χ1v) is 10.7. The van der Waals surface area contributed by atoms with E-state index in [9.17, 15) is 24.9 Å². The average molecular weight is 528 g/mol. The fourth-order valence-electron chi connectivity index (χ4n) is 3.43. The molecule has 3 atom stereocenters. The van der Waals surface area contributed by atoms with Gasteiger partial charge in [-0.25, -0.2) is 19.0 Å². The summed E-state index contributed by atoms with van der Waals surface area (Å²) in [6.07, 6.45) is -5.34. The Morgan fingerprint density at radius 2 is 1.81 bits per heavy atom. The predicted octanol–water partition coefficient (Wildman–Crippen LogP) is 0.565. The monoisotopic (exact) mass is 527 g/mol. The number of ether oxygens (including phenoxy) is 2. The highest BCUT2D eigenvalue weighted by molar-refractivity contribution is 6.28. The van der Waals surface area contributed by atoms with Gasteiger partial charge < -0.3 is 35.6 Å². The number of aliphatic hydroxyl groups excluding tert-OH is 2. The number of anilines is 1. The number of alkyl halides is 1. The Kier molecular flexibility index (Phi) is 8.37. The lowest BCUT2D eigenvalue weighted by Gasteiger charge is -2.30. The Hall–Kier alpha value is -3.43. The Bertz CT molecular complexity index is 1230. The van der Waals surface area contributed by atoms with Gasteiger partial charge in [0.15, 0.2) is 11.5 Å². The van der Waals surface area contributed by atoms with Crippen molar-refractivity contribution in [3.8, 4) is 0 Å². The number of hydrogen-bond donors (Lipinski definition) is 5. The molecule has 36 heavy (non-hydrogen) atoms. The van der Waals surface area contributed by atoms with Gasteiger partial charge in [0.1, 0.15) is 17.7 Å². The molecule has 1 aromatic carbocycles. The third-order valence-corrected chi connectivity index (χ3v) is 5.66. The van der Waals surface area contributed by atoms with Crippen molar-refractivity contribution in [2.45, 2.75) is 37.1 Å². The van der Waals surface area contributed by atoms with Crippen LogP contribution in [0.25, 0.3) is 11.2 Å². The summed E-state index contributed by atoms with van der Waals surface area (Å²) in [5.74, 6) is -3.74. The molecule has 0 aliphatic carbocycles. The maximum atomic E-state index is 15.3. The van der Waals surface area contributed by atoms with Crippen LogP contribution in [0.4, 0.5) is 10.2 Å². The second kappa shape index (κ2) is 11.1. The minimum absolute atomic E-state index is 0.0301. The van der Waals surface area contributed by atoms with Crippen molar-refractivity contribution >= 4 is 40.5 Å². The van der Waals surface area contributed by atoms with Gasteiger partial charge in [-0.15, -0.1) is 0 Å². The molecule has 3 rings (SSSR count). The molecule has 0 bridgehead atoms. The molecule has 0 spiro atoms. The van der Waals surface area contributed by atoms with Crippen molar-refractivity contribution in [2.24, 2.45) is 0 Å². The maximum Gasteiger partial charge on any atom is 0.348 e. The number of benzene rings is 1. The van der Waals surface area contributed by atoms with E-state index in [1.165, 1.54) is 24.3 Å². The van der Waals surface area contributed by atoms with E-state index in [4.69, 9.17) is 31.9 Å². The number of fused-ring (bicyclic) bond motifs is 1. The van der Waals surface area contributed by atoms with E-state index in [0.29, 0.717) is 5.56 Å². The van der Waals surface area contributed by atoms with Crippen LogP contribution in [0.15, 0.2) is 30.6 Å². The molecular weight excluding hydrogens is 505 g/mol. The van der Waals surface area contributed by atoms with E-state index < -0.39 is 49.1 Å². The van der Waals surface area contributed by atoms with Gasteiger partial charge in [0.05, 0.1) is 19.5 Å². The van der Waals surface area contributed by atoms with Crippen LogP contribution in [-0.2, 0) is 32.1 Å². The number of rotatable bonds is 12. The van der Waals surface area contributed by atoms with Gasteiger partial charge in [-0.2, -0.15) is 9.97 Å². The Balaban J connectivity index is 1.83. The molecule has 194 valence electrons. The molecule has 15 heteroatoms. The molecule has 6 N–H and O–H groups in total. The van der Waals surface area contributed by atoms with E-state index in [1.54, 1.807) is 0 Å². The van der Waals surface area contributed by atoms with Crippen LogP contribution in [-0.4, -0.2) is 83.4 Å². The van der Waals surface area contributed by atoms with E-state index >= 15 is 4.39 Å². The molecule has 2 heterocycles. The van der Waals surface area contributed by atoms with Gasteiger partial charge in [-0.05, 0) is 22.7 Å². The first-order valence-electron chi connectivity index (χ1n) is 10.3. The average Bonchev–Trinajstić information content (AvgIpc) is 3.27. The van der Waals surface area contributed by atoms with Crippen LogP contribution >= 0.6 is 11.6 Å². The fraction of sp³-hybridized carbons (Fsp3) is 0.381. The SMILES string of the molecule is CO[C@H](COC(Cc1ccc(CO)cc1)(C(=O)O)C(=O)O)[C@@H](O)[C@H](F)n1cnc2c(N)nc(Cl)nc21. The predicted molar refractivity (Wildman–Crippen MR) is 122 cm³/mol. The molecule has 2 aromatic heterocycles. The second-order valence-corrected chi connectivity index (χ2v) is 8.08. The third kappa shape index (κ3) is 5.37. The summed E-state index contributed by atoms with van der Waals surface area (Å²) < 4.78 is 26.5. The van der Waals surface area contributed by atoms with E-state index in [-0.39, 0.29) is 34.4 Å². The van der Waals surface area contributed by atoms with Crippen LogP contribution in [0, 0.1) is 0 Å². The fourth-order valence-corrected chi connectivity index (χ4v) is 3.60. The van der Waals surface area contributed by atoms with Crippen molar-refractivity contribution in [1.29, 1.82) is 0 Å². The van der Waals surface area contributed by atoms with Crippen molar-refractivity contribution < 1.29 is 43.9 Å². The maximum absolute atomic E-state index is 15.3. The Morgan fingerprint density at radius 1 is 1.19 bits per heavy atom. The van der Waals surface area contributed by atoms with Gasteiger partial charge in [-0.3, -0.25) is 4.57 Å². The highest BCUT2D eigenvalue weighted by Crippen LogP contribution is 2.27. The molecule has 0 aliphatic heterocycles. The number of carboxylic acids is 2. The topological polar surface area (TPSA) is 203 Å². The minimum atomic E-state index is -2.78. The summed E-state index contributed by atoms with van der Waals surface area (Å²) in [7, 11) is 1.10. The summed E-state index contributed by atoms with van der Waals surface area (Å²) >= 11 is 5.77. The number of imidazole rings is 1. The molecule has 0 fully saturated rings. The Labute approximate surface area is 207 Å². The first-order chi connectivity index (χ1) is 17.0. The Morgan fingerprint density at radius 3 is 2.36 bits per heavy atom. The molecule has 13 nitrogen and oxygen atoms in total. The zero-order valence-corrected chi connectivity index (χ0v) is 19.5. The number of aromatic nitrogens is 4. The molecule has 0 saturated carbocycles. The van der Waals surface area contributed by atoms with Crippen molar-refractivity contribution in [3.63, 3.8) is 0 Å². The molecular formula is C21H23ClFN5O8. The van der Waals surface area contributed by atoms with Crippen LogP contribution in [0.1, 0.15) is 17.4 Å². The number of carbonyl (C=O) groups is 2. The molecule has 0 amide bonds. The van der Waals surface area contributed by atoms with Gasteiger partial charge in [0.25, 0.3) is 5.60 Å². The lowest BCUT2D eigenvalue weighted by atomic mass is 9.93. The molecule has 0 saturated heterocycles. The lowest BCUT2D eigenvalue weighted by Crippen LogP contribution is -2.53. The lowest BCUT2D eigenvalue weighted by molar-refractivity contribution is -0.192. The standard InChI is InChI=1S/C21H23ClFN5O8/c1-35-12(14(30)15(23)28-9-25-13-16(24)26-20(22)27-17(13)28)8-36-21(18(31)32,19(33)34)6-10-2-4-11(7-29)5-3-10/h2-5,9,12,14-15,29-30H,6-8H2,1H3,(H,31,32)(H,33,34)(H2,24,26,27)/t12-,14-,15-/m1/s1. The minimum Gasteiger partial charge on any atom is -0.479 e. The van der Waals surface area contributed by atoms with Crippen LogP contribution in [0.5, 0.6) is 0 Å². The molecule has 0 radical (unpaired) electrons. The van der Waals surface area contributed by atoms with Gasteiger partial charge in [0.2, 0.25) is 11.6 Å². The number of aliphatic carboxylic acids is 2. The zero-order chi connectivity index (χ0) is 26.6. The summed E-state index contributed by atoms with van der Waals surface area (Å²) in [5, 5.41) is 39.0. The number of nitrogen functional groups attached to an aromatic ring is 1. The number of hydrogen-bond acceptors (Lipinski definition) is 10. The van der Waals surface area contributed by atoms with E-state index in [1.807, 2.05) is 0 Å². The number of halogens is 2. The number of nitrogens with zero attached hydrogens (tertiary/aromatic N) is 4. The van der Waals surface area contributed by atoms with Crippen LogP contribution in [0.3, 0.4) is 0 Å². The van der Waals surface area contributed by atoms with Gasteiger partial charge in [0, 0.05) is 13.5 Å². The van der Waals surface area contributed by atoms with E-state index in [2.05, 4.69) is 15.0 Å². The third-order valence-electron chi connectivity index (χ3n) is 5.50. The van der Waals surface area contributed by atoms with Gasteiger partial charge in [-0.1, -0.05) is 24.3 Å². The summed E-state index contributed by atoms with van der Waals surface area (Å²) in [6, 6.07) is 5.88. The first kappa shape index (κ1) is 27.2. The van der Waals surface area contributed by atoms with Crippen molar-refractivity contribution in [3.05, 3.63) is 47.0 Å². The zero-order valence-electron chi connectivity index (χ0n) is 18.8. The van der Waals surface area contributed by atoms with Crippen molar-refractivity contribution in [1.82, 2.24) is 19.5 Å². The number of carboxylic acid groups (broad SMARTS) is 2. The van der Waals surface area contributed by atoms with Crippen molar-refractivity contribution in [2.75, 3.05) is 19.5 Å². The summed E-state index contributed by atoms with van der Waals surface area (Å²) in [6.45, 7) is -1.06.